The van der Waals surface area contributed by atoms with E-state index in [4.69, 9.17) is 5.73 Å². The van der Waals surface area contributed by atoms with E-state index >= 15 is 0 Å². The molecule has 0 fully saturated rings. The summed E-state index contributed by atoms with van der Waals surface area (Å²) in [6, 6.07) is 14.2. The van der Waals surface area contributed by atoms with Gasteiger partial charge in [0.25, 0.3) is 0 Å². The summed E-state index contributed by atoms with van der Waals surface area (Å²) in [5, 5.41) is 0. The highest BCUT2D eigenvalue weighted by molar-refractivity contribution is 9.10. The van der Waals surface area contributed by atoms with E-state index in [1.54, 1.807) is 0 Å². The summed E-state index contributed by atoms with van der Waals surface area (Å²) in [5.41, 5.74) is 9.35. The van der Waals surface area contributed by atoms with Crippen LogP contribution in [0.2, 0.25) is 0 Å². The lowest BCUT2D eigenvalue weighted by Crippen LogP contribution is -2.13. The molecule has 0 saturated heterocycles. The molecule has 5 heteroatoms. The number of hydrogen-bond donors (Lipinski definition) is 1. The van der Waals surface area contributed by atoms with Gasteiger partial charge in [0.15, 0.2) is 0 Å². The van der Waals surface area contributed by atoms with Gasteiger partial charge in [0, 0.05) is 16.6 Å². The van der Waals surface area contributed by atoms with Gasteiger partial charge in [0.1, 0.15) is 6.33 Å². The number of rotatable bonds is 4. The second-order valence-corrected chi connectivity index (χ2v) is 6.33. The molecule has 0 saturated carbocycles. The van der Waals surface area contributed by atoms with Crippen LogP contribution >= 0.6 is 15.9 Å². The number of aromatic nitrogens is 2. The Morgan fingerprint density at radius 2 is 2.14 bits per heavy atom. The van der Waals surface area contributed by atoms with Crippen molar-refractivity contribution in [3.63, 3.8) is 0 Å². The third-order valence-corrected chi connectivity index (χ3v) is 4.23. The molecule has 1 aromatic heterocycles. The molecule has 112 valence electrons. The predicted molar refractivity (Wildman–Crippen MR) is 91.0 cm³/mol. The fourth-order valence-corrected chi connectivity index (χ4v) is 2.97. The van der Waals surface area contributed by atoms with Crippen molar-refractivity contribution in [1.29, 1.82) is 0 Å². The molecule has 1 unspecified atom stereocenters. The molecule has 0 radical (unpaired) electrons. The molecule has 1 atom stereocenters. The zero-order valence-electron chi connectivity index (χ0n) is 12.2. The van der Waals surface area contributed by atoms with Crippen molar-refractivity contribution in [3.8, 4) is 5.69 Å². The third kappa shape index (κ3) is 2.90. The normalized spacial score (nSPS) is 12.5. The van der Waals surface area contributed by atoms with Gasteiger partial charge >= 0.3 is 0 Å². The molecule has 4 nitrogen and oxygen atoms in total. The molecule has 1 heterocycles. The van der Waals surface area contributed by atoms with Gasteiger partial charge in [-0.1, -0.05) is 35.0 Å². The maximum atomic E-state index is 11.1. The largest absolute Gasteiger partial charge is 0.370 e. The number of carbonyl (C=O) groups is 1. The molecular formula is C17H16BrN3O. The molecule has 0 aliphatic carbocycles. The number of imidazole rings is 1. The average Bonchev–Trinajstić information content (AvgIpc) is 2.89. The van der Waals surface area contributed by atoms with Crippen molar-refractivity contribution in [2.75, 3.05) is 0 Å². The van der Waals surface area contributed by atoms with Gasteiger partial charge in [0.05, 0.1) is 11.0 Å². The topological polar surface area (TPSA) is 60.9 Å². The van der Waals surface area contributed by atoms with Gasteiger partial charge in [-0.05, 0) is 41.8 Å². The lowest BCUT2D eigenvalue weighted by molar-refractivity contribution is -0.118. The third-order valence-electron chi connectivity index (χ3n) is 3.73. The van der Waals surface area contributed by atoms with Gasteiger partial charge in [-0.15, -0.1) is 0 Å². The quantitative estimate of drug-likeness (QED) is 0.772. The first-order valence-electron chi connectivity index (χ1n) is 7.06. The fourth-order valence-electron chi connectivity index (χ4n) is 2.59. The molecule has 1 amide bonds. The Hall–Kier alpha value is -2.14. The Morgan fingerprint density at radius 1 is 1.32 bits per heavy atom. The molecule has 2 aromatic carbocycles. The van der Waals surface area contributed by atoms with E-state index < -0.39 is 0 Å². The Balaban J connectivity index is 2.01. The molecule has 0 aliphatic heterocycles. The van der Waals surface area contributed by atoms with Crippen molar-refractivity contribution < 1.29 is 4.79 Å². The first-order chi connectivity index (χ1) is 10.5. The van der Waals surface area contributed by atoms with Crippen LogP contribution in [-0.4, -0.2) is 15.5 Å². The standard InChI is InChI=1S/C17H16BrN3O/c1-11(7-17(19)22)12-5-6-16-15(8-12)20-10-21(16)14-4-2-3-13(18)9-14/h2-6,8-11H,7H2,1H3,(H2,19,22). The number of halogens is 1. The van der Waals surface area contributed by atoms with Gasteiger partial charge < -0.3 is 5.73 Å². The van der Waals surface area contributed by atoms with Crippen molar-refractivity contribution in [3.05, 3.63) is 58.8 Å². The van der Waals surface area contributed by atoms with Crippen molar-refractivity contribution in [1.82, 2.24) is 9.55 Å². The maximum absolute atomic E-state index is 11.1. The first kappa shape index (κ1) is 14.8. The number of carbonyl (C=O) groups excluding carboxylic acids is 1. The van der Waals surface area contributed by atoms with Gasteiger partial charge in [-0.25, -0.2) is 4.98 Å². The van der Waals surface area contributed by atoms with Crippen molar-refractivity contribution in [2.24, 2.45) is 5.73 Å². The number of nitrogens with two attached hydrogens (primary N) is 1. The Bertz CT molecular complexity index is 841. The highest BCUT2D eigenvalue weighted by atomic mass is 79.9. The second kappa shape index (κ2) is 5.93. The summed E-state index contributed by atoms with van der Waals surface area (Å²) in [4.78, 5) is 15.5. The molecular weight excluding hydrogens is 342 g/mol. The molecule has 3 aromatic rings. The van der Waals surface area contributed by atoms with Crippen LogP contribution in [0, 0.1) is 0 Å². The lowest BCUT2D eigenvalue weighted by atomic mass is 9.97. The zero-order chi connectivity index (χ0) is 15.7. The molecule has 3 rings (SSSR count). The van der Waals surface area contributed by atoms with Crippen LogP contribution in [0.1, 0.15) is 24.8 Å². The first-order valence-corrected chi connectivity index (χ1v) is 7.85. The molecule has 0 aliphatic rings. The summed E-state index contributed by atoms with van der Waals surface area (Å²) in [5.74, 6) is -0.190. The van der Waals surface area contributed by atoms with Crippen LogP contribution in [-0.2, 0) is 4.79 Å². The Morgan fingerprint density at radius 3 is 2.86 bits per heavy atom. The molecule has 0 spiro atoms. The summed E-state index contributed by atoms with van der Waals surface area (Å²) in [6.07, 6.45) is 2.16. The summed E-state index contributed by atoms with van der Waals surface area (Å²) < 4.78 is 3.07. The van der Waals surface area contributed by atoms with E-state index in [-0.39, 0.29) is 11.8 Å². The van der Waals surface area contributed by atoms with Crippen LogP contribution in [0.4, 0.5) is 0 Å². The minimum atomic E-state index is -0.285. The number of primary amides is 1. The van der Waals surface area contributed by atoms with Crippen molar-refractivity contribution in [2.45, 2.75) is 19.3 Å². The highest BCUT2D eigenvalue weighted by Crippen LogP contribution is 2.25. The summed E-state index contributed by atoms with van der Waals surface area (Å²) in [7, 11) is 0. The number of benzene rings is 2. The van der Waals surface area contributed by atoms with Crippen LogP contribution in [0.15, 0.2) is 53.3 Å². The lowest BCUT2D eigenvalue weighted by Gasteiger charge is -2.10. The van der Waals surface area contributed by atoms with E-state index in [1.807, 2.05) is 60.3 Å². The number of nitrogens with zero attached hydrogens (tertiary/aromatic N) is 2. The highest BCUT2D eigenvalue weighted by Gasteiger charge is 2.12. The van der Waals surface area contributed by atoms with Gasteiger partial charge in [-0.2, -0.15) is 0 Å². The van der Waals surface area contributed by atoms with E-state index in [0.29, 0.717) is 6.42 Å². The molecule has 0 bridgehead atoms. The monoisotopic (exact) mass is 357 g/mol. The fraction of sp³-hybridized carbons (Fsp3) is 0.176. The van der Waals surface area contributed by atoms with E-state index in [2.05, 4.69) is 20.9 Å². The van der Waals surface area contributed by atoms with Crippen LogP contribution in [0.5, 0.6) is 0 Å². The summed E-state index contributed by atoms with van der Waals surface area (Å²) in [6.45, 7) is 2.00. The average molecular weight is 358 g/mol. The predicted octanol–water partition coefficient (Wildman–Crippen LogP) is 3.77. The van der Waals surface area contributed by atoms with Crippen molar-refractivity contribution >= 4 is 32.9 Å². The molecule has 2 N–H and O–H groups in total. The van der Waals surface area contributed by atoms with Crippen LogP contribution < -0.4 is 5.73 Å². The smallest absolute Gasteiger partial charge is 0.218 e. The van der Waals surface area contributed by atoms with E-state index in [1.165, 1.54) is 0 Å². The second-order valence-electron chi connectivity index (χ2n) is 5.41. The Kier molecular flexibility index (Phi) is 3.98. The number of hydrogen-bond acceptors (Lipinski definition) is 2. The Labute approximate surface area is 137 Å². The van der Waals surface area contributed by atoms with Crippen LogP contribution in [0.3, 0.4) is 0 Å². The van der Waals surface area contributed by atoms with E-state index in [0.717, 1.165) is 26.8 Å². The van der Waals surface area contributed by atoms with Crippen LogP contribution in [0.25, 0.3) is 16.7 Å². The minimum absolute atomic E-state index is 0.0953. The zero-order valence-corrected chi connectivity index (χ0v) is 13.7. The minimum Gasteiger partial charge on any atom is -0.370 e. The molecule has 22 heavy (non-hydrogen) atoms. The van der Waals surface area contributed by atoms with E-state index in [9.17, 15) is 4.79 Å². The van der Waals surface area contributed by atoms with Gasteiger partial charge in [-0.3, -0.25) is 9.36 Å². The number of amides is 1. The number of fused-ring (bicyclic) bond motifs is 1. The maximum Gasteiger partial charge on any atom is 0.218 e. The SMILES string of the molecule is CC(CC(N)=O)c1ccc2c(c1)ncn2-c1cccc(Br)c1. The summed E-state index contributed by atoms with van der Waals surface area (Å²) >= 11 is 3.49. The van der Waals surface area contributed by atoms with Gasteiger partial charge in [0.2, 0.25) is 5.91 Å².